The van der Waals surface area contributed by atoms with E-state index in [1.165, 1.54) is 0 Å². The third kappa shape index (κ3) is 2.67. The van der Waals surface area contributed by atoms with Crippen molar-refractivity contribution in [3.8, 4) is 0 Å². The van der Waals surface area contributed by atoms with Gasteiger partial charge >= 0.3 is 12.4 Å². The van der Waals surface area contributed by atoms with E-state index in [1.54, 1.807) is 0 Å². The van der Waals surface area contributed by atoms with Crippen molar-refractivity contribution in [2.45, 2.75) is 69.8 Å². The summed E-state index contributed by atoms with van der Waals surface area (Å²) in [6, 6.07) is 0. The molecule has 1 nitrogen and oxygen atoms in total. The van der Waals surface area contributed by atoms with Crippen molar-refractivity contribution in [2.75, 3.05) is 0 Å². The molecule has 134 valence electrons. The Balaban J connectivity index is 1.84. The molecule has 4 aliphatic rings. The Morgan fingerprint density at radius 1 is 0.870 bits per heavy atom. The summed E-state index contributed by atoms with van der Waals surface area (Å²) in [6.45, 7) is 0.902. The summed E-state index contributed by atoms with van der Waals surface area (Å²) < 4.78 is 78.2. The van der Waals surface area contributed by atoms with Crippen molar-refractivity contribution >= 4 is 0 Å². The molecule has 0 aromatic rings. The lowest BCUT2D eigenvalue weighted by molar-refractivity contribution is -0.386. The van der Waals surface area contributed by atoms with Gasteiger partial charge in [0.05, 0.1) is 0 Å². The zero-order chi connectivity index (χ0) is 17.3. The molecule has 0 radical (unpaired) electrons. The van der Waals surface area contributed by atoms with Crippen molar-refractivity contribution in [3.05, 3.63) is 0 Å². The van der Waals surface area contributed by atoms with E-state index in [0.29, 0.717) is 17.8 Å². The Morgan fingerprint density at radius 2 is 1.22 bits per heavy atom. The molecule has 4 fully saturated rings. The highest BCUT2D eigenvalue weighted by Gasteiger charge is 2.73. The maximum absolute atomic E-state index is 13.0. The number of hydrogen-bond acceptors (Lipinski definition) is 1. The van der Waals surface area contributed by atoms with Gasteiger partial charge in [-0.3, -0.25) is 0 Å². The molecule has 0 aliphatic heterocycles. The van der Waals surface area contributed by atoms with Crippen molar-refractivity contribution in [3.63, 3.8) is 0 Å². The van der Waals surface area contributed by atoms with Crippen LogP contribution in [0.15, 0.2) is 0 Å². The van der Waals surface area contributed by atoms with Crippen LogP contribution in [0, 0.1) is 29.1 Å². The fourth-order valence-electron chi connectivity index (χ4n) is 6.06. The molecule has 4 rings (SSSR count). The summed E-state index contributed by atoms with van der Waals surface area (Å²) in [6.07, 6.45) is -6.28. The second-order valence-electron chi connectivity index (χ2n) is 8.28. The van der Waals surface area contributed by atoms with Gasteiger partial charge < -0.3 is 5.11 Å². The smallest absolute Gasteiger partial charge is 0.373 e. The van der Waals surface area contributed by atoms with Gasteiger partial charge in [-0.15, -0.1) is 0 Å². The Morgan fingerprint density at radius 3 is 1.52 bits per heavy atom. The highest BCUT2D eigenvalue weighted by Crippen LogP contribution is 2.63. The lowest BCUT2D eigenvalue weighted by Gasteiger charge is -2.58. The fraction of sp³-hybridized carbons (Fsp3) is 1.00. The fourth-order valence-corrected chi connectivity index (χ4v) is 6.06. The van der Waals surface area contributed by atoms with Crippen LogP contribution in [-0.2, 0) is 0 Å². The second kappa shape index (κ2) is 5.02. The van der Waals surface area contributed by atoms with Crippen LogP contribution in [0.4, 0.5) is 26.3 Å². The minimum absolute atomic E-state index is 0.202. The molecule has 1 N–H and O–H groups in total. The molecular weight excluding hydrogens is 322 g/mol. The van der Waals surface area contributed by atoms with E-state index in [-0.39, 0.29) is 6.42 Å². The lowest BCUT2D eigenvalue weighted by Crippen LogP contribution is -2.62. The molecule has 7 heteroatoms. The Hall–Kier alpha value is -0.460. The number of rotatable bonds is 3. The molecule has 0 heterocycles. The second-order valence-corrected chi connectivity index (χ2v) is 8.28. The van der Waals surface area contributed by atoms with Crippen LogP contribution >= 0.6 is 0 Å². The summed E-state index contributed by atoms with van der Waals surface area (Å²) in [5.74, 6) is -0.561. The van der Waals surface area contributed by atoms with Crippen LogP contribution in [0.5, 0.6) is 0 Å². The molecule has 0 unspecified atom stereocenters. The highest BCUT2D eigenvalue weighted by atomic mass is 19.4. The maximum Gasteiger partial charge on any atom is 0.426 e. The van der Waals surface area contributed by atoms with Gasteiger partial charge in [-0.1, -0.05) is 6.92 Å². The summed E-state index contributed by atoms with van der Waals surface area (Å²) in [7, 11) is 0. The van der Waals surface area contributed by atoms with E-state index in [9.17, 15) is 31.4 Å². The Kier molecular flexibility index (Phi) is 3.79. The minimum atomic E-state index is -5.72. The third-order valence-electron chi connectivity index (χ3n) is 6.48. The van der Waals surface area contributed by atoms with Gasteiger partial charge in [-0.05, 0) is 68.1 Å². The van der Waals surface area contributed by atoms with Gasteiger partial charge in [0.15, 0.2) is 0 Å². The minimum Gasteiger partial charge on any atom is -0.373 e. The summed E-state index contributed by atoms with van der Waals surface area (Å²) in [4.78, 5) is 0. The number of hydrogen-bond donors (Lipinski definition) is 1. The first-order valence-corrected chi connectivity index (χ1v) is 8.22. The molecule has 0 spiro atoms. The highest BCUT2D eigenvalue weighted by molar-refractivity contribution is 5.05. The van der Waals surface area contributed by atoms with E-state index >= 15 is 0 Å². The number of alkyl halides is 6. The normalized spacial score (nSPS) is 38.9. The molecule has 4 bridgehead atoms. The molecule has 0 amide bonds. The largest absolute Gasteiger partial charge is 0.426 e. The molecule has 23 heavy (non-hydrogen) atoms. The van der Waals surface area contributed by atoms with Crippen molar-refractivity contribution in [2.24, 2.45) is 29.1 Å². The summed E-state index contributed by atoms with van der Waals surface area (Å²) >= 11 is 0. The molecule has 4 aliphatic carbocycles. The van der Waals surface area contributed by atoms with Gasteiger partial charge in [0.25, 0.3) is 5.60 Å². The summed E-state index contributed by atoms with van der Waals surface area (Å²) in [5, 5.41) is 9.60. The van der Waals surface area contributed by atoms with Crippen LogP contribution in [0.3, 0.4) is 0 Å². The Bertz CT molecular complexity index is 417. The standard InChI is InChI=1S/C16H22F6O/c1-9(14(23,15(17,18)19)16(20,21)22)5-13-6-10-2-11(7-13)4-12(3-10)8-13/h9-12,23H,2-8H2,1H3/t9-,10?,11?,12?,13?/m0/s1. The van der Waals surface area contributed by atoms with Crippen LogP contribution in [0.1, 0.15) is 51.9 Å². The maximum atomic E-state index is 13.0. The van der Waals surface area contributed by atoms with Gasteiger partial charge in [0.1, 0.15) is 0 Å². The average Bonchev–Trinajstić information content (AvgIpc) is 2.32. The van der Waals surface area contributed by atoms with E-state index in [1.807, 2.05) is 0 Å². The van der Waals surface area contributed by atoms with Crippen LogP contribution < -0.4 is 0 Å². The monoisotopic (exact) mass is 344 g/mol. The SMILES string of the molecule is C[C@@H](CC12CC3CC(CC(C3)C1)C2)C(O)(C(F)(F)F)C(F)(F)F. The lowest BCUT2D eigenvalue weighted by atomic mass is 9.47. The first kappa shape index (κ1) is 17.4. The quantitative estimate of drug-likeness (QED) is 0.708. The molecular formula is C16H22F6O. The first-order valence-electron chi connectivity index (χ1n) is 8.22. The topological polar surface area (TPSA) is 20.2 Å². The summed E-state index contributed by atoms with van der Waals surface area (Å²) in [5.41, 5.74) is -5.07. The van der Waals surface area contributed by atoms with E-state index < -0.39 is 29.3 Å². The predicted molar refractivity (Wildman–Crippen MR) is 71.4 cm³/mol. The first-order chi connectivity index (χ1) is 10.4. The molecule has 0 aromatic heterocycles. The van der Waals surface area contributed by atoms with Gasteiger partial charge in [-0.25, -0.2) is 0 Å². The van der Waals surface area contributed by atoms with E-state index in [4.69, 9.17) is 0 Å². The van der Waals surface area contributed by atoms with Gasteiger partial charge in [0.2, 0.25) is 0 Å². The zero-order valence-corrected chi connectivity index (χ0v) is 13.0. The number of aliphatic hydroxyl groups is 1. The number of halogens is 6. The van der Waals surface area contributed by atoms with Crippen molar-refractivity contribution in [1.82, 2.24) is 0 Å². The van der Waals surface area contributed by atoms with E-state index in [2.05, 4.69) is 0 Å². The van der Waals surface area contributed by atoms with Crippen LogP contribution in [0.2, 0.25) is 0 Å². The zero-order valence-electron chi connectivity index (χ0n) is 13.0. The van der Waals surface area contributed by atoms with Crippen LogP contribution in [0.25, 0.3) is 0 Å². The van der Waals surface area contributed by atoms with Gasteiger partial charge in [-0.2, -0.15) is 26.3 Å². The molecule has 0 aromatic carbocycles. The van der Waals surface area contributed by atoms with E-state index in [0.717, 1.165) is 45.4 Å². The predicted octanol–water partition coefficient (Wildman–Crippen LogP) is 5.08. The molecule has 1 atom stereocenters. The average molecular weight is 344 g/mol. The Labute approximate surface area is 131 Å². The van der Waals surface area contributed by atoms with Crippen molar-refractivity contribution in [1.29, 1.82) is 0 Å². The molecule has 0 saturated heterocycles. The van der Waals surface area contributed by atoms with Crippen LogP contribution in [-0.4, -0.2) is 23.1 Å². The van der Waals surface area contributed by atoms with Gasteiger partial charge in [0, 0.05) is 5.92 Å². The van der Waals surface area contributed by atoms with Crippen molar-refractivity contribution < 1.29 is 31.4 Å². The molecule has 4 saturated carbocycles. The third-order valence-corrected chi connectivity index (χ3v) is 6.48.